The summed E-state index contributed by atoms with van der Waals surface area (Å²) >= 11 is 0. The number of sulfonamides is 1. The van der Waals surface area contributed by atoms with Crippen molar-refractivity contribution in [2.75, 3.05) is 33.9 Å². The largest absolute Gasteiger partial charge is 0.497 e. The second kappa shape index (κ2) is 9.61. The minimum atomic E-state index is -3.71. The quantitative estimate of drug-likeness (QED) is 0.636. The Morgan fingerprint density at radius 2 is 1.88 bits per heavy atom. The van der Waals surface area contributed by atoms with E-state index >= 15 is 0 Å². The minimum Gasteiger partial charge on any atom is -0.497 e. The normalized spacial score (nSPS) is 11.8. The molecule has 1 rings (SSSR count). The first-order valence-electron chi connectivity index (χ1n) is 7.76. The molecule has 0 fully saturated rings. The fourth-order valence-corrected chi connectivity index (χ4v) is 3.02. The first-order chi connectivity index (χ1) is 11.3. The molecule has 24 heavy (non-hydrogen) atoms. The highest BCUT2D eigenvalue weighted by Crippen LogP contribution is 2.18. The van der Waals surface area contributed by atoms with Crippen LogP contribution in [0.3, 0.4) is 0 Å². The Hall–Kier alpha value is -1.64. The molecule has 1 aromatic carbocycles. The second-order valence-corrected chi connectivity index (χ2v) is 7.60. The van der Waals surface area contributed by atoms with Crippen molar-refractivity contribution >= 4 is 15.9 Å². The highest BCUT2D eigenvalue weighted by Gasteiger charge is 2.22. The van der Waals surface area contributed by atoms with Gasteiger partial charge in [0, 0.05) is 20.2 Å². The summed E-state index contributed by atoms with van der Waals surface area (Å²) in [5.74, 6) is 0.220. The number of nitrogens with zero attached hydrogens (tertiary/aromatic N) is 1. The second-order valence-electron chi connectivity index (χ2n) is 5.56. The van der Waals surface area contributed by atoms with Crippen LogP contribution < -0.4 is 10.1 Å². The zero-order chi connectivity index (χ0) is 18.2. The summed E-state index contributed by atoms with van der Waals surface area (Å²) < 4.78 is 36.2. The monoisotopic (exact) mass is 358 g/mol. The standard InChI is InChI=1S/C16H26N2O5S/c1-13(2)23-11-5-10-17-16(19)12-18(3)24(20,21)15-8-6-14(22-4)7-9-15/h6-9,13H,5,10-12H2,1-4H3,(H,17,19). The Morgan fingerprint density at radius 1 is 1.25 bits per heavy atom. The summed E-state index contributed by atoms with van der Waals surface area (Å²) in [6.45, 7) is 4.65. The molecule has 1 amide bonds. The van der Waals surface area contributed by atoms with Crippen LogP contribution in [-0.2, 0) is 19.6 Å². The third kappa shape index (κ3) is 6.46. The average molecular weight is 358 g/mol. The molecule has 0 bridgehead atoms. The van der Waals surface area contributed by atoms with E-state index in [1.165, 1.54) is 26.3 Å². The van der Waals surface area contributed by atoms with Gasteiger partial charge in [0.05, 0.1) is 24.7 Å². The highest BCUT2D eigenvalue weighted by molar-refractivity contribution is 7.89. The maximum atomic E-state index is 12.4. The molecule has 0 aliphatic heterocycles. The van der Waals surface area contributed by atoms with Crippen LogP contribution in [0.1, 0.15) is 20.3 Å². The van der Waals surface area contributed by atoms with Gasteiger partial charge >= 0.3 is 0 Å². The first kappa shape index (κ1) is 20.4. The molecule has 1 N–H and O–H groups in total. The van der Waals surface area contributed by atoms with E-state index in [1.807, 2.05) is 13.8 Å². The summed E-state index contributed by atoms with van der Waals surface area (Å²) in [4.78, 5) is 12.0. The van der Waals surface area contributed by atoms with Crippen LogP contribution in [0.25, 0.3) is 0 Å². The van der Waals surface area contributed by atoms with Crippen molar-refractivity contribution in [1.29, 1.82) is 0 Å². The van der Waals surface area contributed by atoms with Gasteiger partial charge in [-0.05, 0) is 44.5 Å². The summed E-state index contributed by atoms with van der Waals surface area (Å²) in [6.07, 6.45) is 0.834. The number of benzene rings is 1. The third-order valence-electron chi connectivity index (χ3n) is 3.23. The van der Waals surface area contributed by atoms with Crippen LogP contribution in [0.4, 0.5) is 0 Å². The van der Waals surface area contributed by atoms with E-state index in [0.717, 1.165) is 4.31 Å². The number of nitrogens with one attached hydrogen (secondary N) is 1. The number of methoxy groups -OCH3 is 1. The van der Waals surface area contributed by atoms with Crippen molar-refractivity contribution in [2.24, 2.45) is 0 Å². The molecule has 0 aliphatic carbocycles. The number of carbonyl (C=O) groups is 1. The summed E-state index contributed by atoms with van der Waals surface area (Å²) in [6, 6.07) is 6.03. The molecule has 136 valence electrons. The molecule has 0 atom stereocenters. The van der Waals surface area contributed by atoms with Crippen LogP contribution in [-0.4, -0.2) is 58.6 Å². The summed E-state index contributed by atoms with van der Waals surface area (Å²) in [7, 11) is -0.831. The van der Waals surface area contributed by atoms with Crippen molar-refractivity contribution in [1.82, 2.24) is 9.62 Å². The van der Waals surface area contributed by atoms with Crippen molar-refractivity contribution in [3.8, 4) is 5.75 Å². The number of hydrogen-bond acceptors (Lipinski definition) is 5. The SMILES string of the molecule is COc1ccc(S(=O)(=O)N(C)CC(=O)NCCCOC(C)C)cc1. The van der Waals surface area contributed by atoms with Crippen LogP contribution >= 0.6 is 0 Å². The van der Waals surface area contributed by atoms with E-state index in [0.29, 0.717) is 25.3 Å². The van der Waals surface area contributed by atoms with E-state index in [1.54, 1.807) is 12.1 Å². The Kier molecular flexibility index (Phi) is 8.17. The van der Waals surface area contributed by atoms with Crippen LogP contribution in [0, 0.1) is 0 Å². The summed E-state index contributed by atoms with van der Waals surface area (Å²) in [5.41, 5.74) is 0. The predicted molar refractivity (Wildman–Crippen MR) is 91.5 cm³/mol. The molecule has 0 saturated heterocycles. The number of carbonyl (C=O) groups excluding carboxylic acids is 1. The van der Waals surface area contributed by atoms with Gasteiger partial charge in [-0.25, -0.2) is 8.42 Å². The highest BCUT2D eigenvalue weighted by atomic mass is 32.2. The number of hydrogen-bond donors (Lipinski definition) is 1. The molecular weight excluding hydrogens is 332 g/mol. The summed E-state index contributed by atoms with van der Waals surface area (Å²) in [5, 5.41) is 2.68. The van der Waals surface area contributed by atoms with E-state index in [4.69, 9.17) is 9.47 Å². The lowest BCUT2D eigenvalue weighted by atomic mass is 10.3. The molecular formula is C16H26N2O5S. The van der Waals surface area contributed by atoms with Crippen LogP contribution in [0.15, 0.2) is 29.2 Å². The predicted octanol–water partition coefficient (Wildman–Crippen LogP) is 1.25. The third-order valence-corrected chi connectivity index (χ3v) is 5.05. The number of rotatable bonds is 10. The number of likely N-dealkylation sites (N-methyl/N-ethyl adjacent to an activating group) is 1. The average Bonchev–Trinajstić information content (AvgIpc) is 2.54. The topological polar surface area (TPSA) is 84.9 Å². The van der Waals surface area contributed by atoms with Gasteiger partial charge in [-0.2, -0.15) is 4.31 Å². The number of ether oxygens (including phenoxy) is 2. The minimum absolute atomic E-state index is 0.115. The van der Waals surface area contributed by atoms with Crippen molar-refractivity contribution in [3.63, 3.8) is 0 Å². The van der Waals surface area contributed by atoms with Crippen molar-refractivity contribution in [2.45, 2.75) is 31.3 Å². The molecule has 0 aromatic heterocycles. The lowest BCUT2D eigenvalue weighted by Gasteiger charge is -2.17. The maximum absolute atomic E-state index is 12.4. The fourth-order valence-electron chi connectivity index (χ4n) is 1.89. The molecule has 8 heteroatoms. The van der Waals surface area contributed by atoms with Gasteiger partial charge in [0.25, 0.3) is 0 Å². The van der Waals surface area contributed by atoms with Gasteiger partial charge in [0.15, 0.2) is 0 Å². The molecule has 7 nitrogen and oxygen atoms in total. The maximum Gasteiger partial charge on any atom is 0.243 e. The Labute approximate surface area is 144 Å². The van der Waals surface area contributed by atoms with Gasteiger partial charge in [-0.15, -0.1) is 0 Å². The zero-order valence-corrected chi connectivity index (χ0v) is 15.4. The Balaban J connectivity index is 2.49. The number of amides is 1. The van der Waals surface area contributed by atoms with Crippen molar-refractivity contribution in [3.05, 3.63) is 24.3 Å². The van der Waals surface area contributed by atoms with E-state index in [2.05, 4.69) is 5.32 Å². The van der Waals surface area contributed by atoms with Crippen LogP contribution in [0.5, 0.6) is 5.75 Å². The smallest absolute Gasteiger partial charge is 0.243 e. The molecule has 0 heterocycles. The van der Waals surface area contributed by atoms with Gasteiger partial charge < -0.3 is 14.8 Å². The van der Waals surface area contributed by atoms with E-state index in [-0.39, 0.29) is 23.5 Å². The molecule has 0 spiro atoms. The molecule has 0 unspecified atom stereocenters. The molecule has 1 aromatic rings. The Morgan fingerprint density at radius 3 is 2.42 bits per heavy atom. The van der Waals surface area contributed by atoms with Crippen LogP contribution in [0.2, 0.25) is 0 Å². The van der Waals surface area contributed by atoms with Gasteiger partial charge in [-0.3, -0.25) is 4.79 Å². The lowest BCUT2D eigenvalue weighted by Crippen LogP contribution is -2.38. The van der Waals surface area contributed by atoms with Gasteiger partial charge in [0.1, 0.15) is 5.75 Å². The molecule has 0 radical (unpaired) electrons. The van der Waals surface area contributed by atoms with Crippen molar-refractivity contribution < 1.29 is 22.7 Å². The van der Waals surface area contributed by atoms with E-state index in [9.17, 15) is 13.2 Å². The van der Waals surface area contributed by atoms with Gasteiger partial charge in [0.2, 0.25) is 15.9 Å². The first-order valence-corrected chi connectivity index (χ1v) is 9.20. The fraction of sp³-hybridized carbons (Fsp3) is 0.562. The van der Waals surface area contributed by atoms with Gasteiger partial charge in [-0.1, -0.05) is 0 Å². The Bertz CT molecular complexity index is 614. The molecule has 0 aliphatic rings. The zero-order valence-electron chi connectivity index (χ0n) is 14.6. The molecule has 0 saturated carbocycles. The lowest BCUT2D eigenvalue weighted by molar-refractivity contribution is -0.121. The van der Waals surface area contributed by atoms with E-state index < -0.39 is 10.0 Å².